The smallest absolute Gasteiger partial charge is 0.323 e. The maximum atomic E-state index is 13.0. The van der Waals surface area contributed by atoms with Crippen molar-refractivity contribution in [2.45, 2.75) is 45.6 Å². The van der Waals surface area contributed by atoms with Crippen LogP contribution >= 0.6 is 11.6 Å². The summed E-state index contributed by atoms with van der Waals surface area (Å²) in [4.78, 5) is 27.6. The van der Waals surface area contributed by atoms with E-state index >= 15 is 0 Å². The molecule has 0 aromatic heterocycles. The Balaban J connectivity index is 1.80. The second-order valence-corrected chi connectivity index (χ2v) is 8.09. The summed E-state index contributed by atoms with van der Waals surface area (Å²) in [6.07, 6.45) is 4.31. The summed E-state index contributed by atoms with van der Waals surface area (Å²) in [7, 11) is 0. The fraction of sp³-hybridized carbons (Fsp3) is 0.391. The number of carbonyl (C=O) groups is 2. The minimum atomic E-state index is -0.392. The fourth-order valence-corrected chi connectivity index (χ4v) is 3.66. The van der Waals surface area contributed by atoms with Crippen molar-refractivity contribution in [3.8, 4) is 0 Å². The third-order valence-electron chi connectivity index (χ3n) is 5.27. The van der Waals surface area contributed by atoms with E-state index in [9.17, 15) is 9.59 Å². The maximum absolute atomic E-state index is 13.0. The molecule has 1 saturated heterocycles. The van der Waals surface area contributed by atoms with Gasteiger partial charge in [0, 0.05) is 41.2 Å². The van der Waals surface area contributed by atoms with Crippen molar-refractivity contribution in [1.82, 2.24) is 5.32 Å². The van der Waals surface area contributed by atoms with Gasteiger partial charge in [0.1, 0.15) is 0 Å². The molecular formula is C23H29ClN4O2. The standard InChI is InChI=1S/C23H29ClN4O2/c1-3-16(2)25-22(29)20-15-19(10-11-21(20)28-12-5-4-6-13-28)27-23(30)26-18-9-7-8-17(24)14-18/h7-11,14-16H,3-6,12-13H2,1-2H3,(H,25,29)(H2,26,27,30)/t16-/m1/s1. The molecule has 2 aromatic carbocycles. The topological polar surface area (TPSA) is 73.5 Å². The van der Waals surface area contributed by atoms with Gasteiger partial charge in [0.05, 0.1) is 5.56 Å². The van der Waals surface area contributed by atoms with Crippen LogP contribution in [0.3, 0.4) is 0 Å². The minimum absolute atomic E-state index is 0.0782. The predicted molar refractivity (Wildman–Crippen MR) is 124 cm³/mol. The van der Waals surface area contributed by atoms with E-state index in [-0.39, 0.29) is 11.9 Å². The summed E-state index contributed by atoms with van der Waals surface area (Å²) in [5.41, 5.74) is 2.65. The Labute approximate surface area is 183 Å². The molecule has 6 nitrogen and oxygen atoms in total. The first-order chi connectivity index (χ1) is 14.5. The second-order valence-electron chi connectivity index (χ2n) is 7.65. The number of benzene rings is 2. The molecule has 0 saturated carbocycles. The molecule has 7 heteroatoms. The molecule has 3 amide bonds. The zero-order valence-corrected chi connectivity index (χ0v) is 18.3. The summed E-state index contributed by atoms with van der Waals surface area (Å²) in [5, 5.41) is 9.15. The lowest BCUT2D eigenvalue weighted by atomic mass is 10.1. The quantitative estimate of drug-likeness (QED) is 0.568. The average molecular weight is 429 g/mol. The van der Waals surface area contributed by atoms with E-state index in [2.05, 4.69) is 20.9 Å². The highest BCUT2D eigenvalue weighted by molar-refractivity contribution is 6.30. The van der Waals surface area contributed by atoms with Crippen LogP contribution in [0, 0.1) is 0 Å². The van der Waals surface area contributed by atoms with Gasteiger partial charge in [-0.25, -0.2) is 4.79 Å². The third-order valence-corrected chi connectivity index (χ3v) is 5.50. The largest absolute Gasteiger partial charge is 0.371 e. The number of hydrogen-bond donors (Lipinski definition) is 3. The van der Waals surface area contributed by atoms with Crippen molar-refractivity contribution in [3.05, 3.63) is 53.1 Å². The highest BCUT2D eigenvalue weighted by Gasteiger charge is 2.20. The Morgan fingerprint density at radius 3 is 2.40 bits per heavy atom. The lowest BCUT2D eigenvalue weighted by Gasteiger charge is -2.31. The van der Waals surface area contributed by atoms with Gasteiger partial charge in [0.15, 0.2) is 0 Å². The Morgan fingerprint density at radius 2 is 1.73 bits per heavy atom. The molecule has 0 unspecified atom stereocenters. The van der Waals surface area contributed by atoms with E-state index in [1.807, 2.05) is 26.0 Å². The molecular weight excluding hydrogens is 400 g/mol. The summed E-state index contributed by atoms with van der Waals surface area (Å²) >= 11 is 5.97. The summed E-state index contributed by atoms with van der Waals surface area (Å²) in [6.45, 7) is 5.89. The third kappa shape index (κ3) is 5.89. The molecule has 0 bridgehead atoms. The molecule has 1 heterocycles. The van der Waals surface area contributed by atoms with Crippen molar-refractivity contribution in [3.63, 3.8) is 0 Å². The van der Waals surface area contributed by atoms with Gasteiger partial charge in [-0.2, -0.15) is 0 Å². The van der Waals surface area contributed by atoms with Gasteiger partial charge in [-0.1, -0.05) is 24.6 Å². The summed E-state index contributed by atoms with van der Waals surface area (Å²) in [6, 6.07) is 12.1. The van der Waals surface area contributed by atoms with Gasteiger partial charge in [0.25, 0.3) is 5.91 Å². The summed E-state index contributed by atoms with van der Waals surface area (Å²) < 4.78 is 0. The molecule has 0 radical (unpaired) electrons. The van der Waals surface area contributed by atoms with Crippen molar-refractivity contribution in [2.24, 2.45) is 0 Å². The van der Waals surface area contributed by atoms with Gasteiger partial charge in [-0.15, -0.1) is 0 Å². The van der Waals surface area contributed by atoms with Crippen molar-refractivity contribution >= 4 is 40.6 Å². The van der Waals surface area contributed by atoms with E-state index < -0.39 is 6.03 Å². The van der Waals surface area contributed by atoms with Crippen LogP contribution in [-0.4, -0.2) is 31.1 Å². The van der Waals surface area contributed by atoms with Gasteiger partial charge in [-0.3, -0.25) is 4.79 Å². The predicted octanol–water partition coefficient (Wildman–Crippen LogP) is 5.50. The Kier molecular flexibility index (Phi) is 7.57. The number of hydrogen-bond acceptors (Lipinski definition) is 3. The lowest BCUT2D eigenvalue weighted by Crippen LogP contribution is -2.35. The number of rotatable bonds is 6. The van der Waals surface area contributed by atoms with Gasteiger partial charge in [0.2, 0.25) is 0 Å². The maximum Gasteiger partial charge on any atom is 0.323 e. The van der Waals surface area contributed by atoms with Crippen LogP contribution in [0.25, 0.3) is 0 Å². The van der Waals surface area contributed by atoms with Crippen LogP contribution in [0.4, 0.5) is 21.9 Å². The van der Waals surface area contributed by atoms with Crippen LogP contribution in [0.5, 0.6) is 0 Å². The Hall–Kier alpha value is -2.73. The molecule has 30 heavy (non-hydrogen) atoms. The number of carbonyl (C=O) groups excluding carboxylic acids is 2. The Morgan fingerprint density at radius 1 is 1.03 bits per heavy atom. The minimum Gasteiger partial charge on any atom is -0.371 e. The summed E-state index contributed by atoms with van der Waals surface area (Å²) in [5.74, 6) is -0.121. The highest BCUT2D eigenvalue weighted by atomic mass is 35.5. The first-order valence-electron chi connectivity index (χ1n) is 10.5. The molecule has 3 N–H and O–H groups in total. The van der Waals surface area contributed by atoms with Crippen molar-refractivity contribution in [2.75, 3.05) is 28.6 Å². The number of nitrogens with one attached hydrogen (secondary N) is 3. The zero-order valence-electron chi connectivity index (χ0n) is 17.5. The van der Waals surface area contributed by atoms with Crippen molar-refractivity contribution < 1.29 is 9.59 Å². The Bertz CT molecular complexity index is 897. The van der Waals surface area contributed by atoms with E-state index in [0.29, 0.717) is 22.0 Å². The van der Waals surface area contributed by atoms with Crippen LogP contribution in [0.2, 0.25) is 5.02 Å². The molecule has 3 rings (SSSR count). The first-order valence-corrected chi connectivity index (χ1v) is 10.9. The fourth-order valence-electron chi connectivity index (χ4n) is 3.47. The molecule has 160 valence electrons. The van der Waals surface area contributed by atoms with Crippen LogP contribution in [0.1, 0.15) is 49.9 Å². The van der Waals surface area contributed by atoms with Crippen molar-refractivity contribution in [1.29, 1.82) is 0 Å². The normalized spacial score (nSPS) is 14.7. The molecule has 0 spiro atoms. The molecule has 2 aromatic rings. The number of amides is 3. The SMILES string of the molecule is CC[C@@H](C)NC(=O)c1cc(NC(=O)Nc2cccc(Cl)c2)ccc1N1CCCCC1. The number of piperidine rings is 1. The van der Waals surface area contributed by atoms with E-state index in [0.717, 1.165) is 38.0 Å². The molecule has 1 aliphatic rings. The highest BCUT2D eigenvalue weighted by Crippen LogP contribution is 2.27. The molecule has 1 fully saturated rings. The van der Waals surface area contributed by atoms with Crippen LogP contribution in [-0.2, 0) is 0 Å². The number of anilines is 3. The molecule has 1 atom stereocenters. The molecule has 1 aliphatic heterocycles. The number of halogens is 1. The monoisotopic (exact) mass is 428 g/mol. The first kappa shape index (κ1) is 22.0. The van der Waals surface area contributed by atoms with Crippen LogP contribution in [0.15, 0.2) is 42.5 Å². The zero-order chi connectivity index (χ0) is 21.5. The molecule has 0 aliphatic carbocycles. The number of urea groups is 1. The van der Waals surface area contributed by atoms with Gasteiger partial charge >= 0.3 is 6.03 Å². The van der Waals surface area contributed by atoms with E-state index in [4.69, 9.17) is 11.6 Å². The average Bonchev–Trinajstić information content (AvgIpc) is 2.74. The number of nitrogens with zero attached hydrogens (tertiary/aromatic N) is 1. The van der Waals surface area contributed by atoms with E-state index in [1.165, 1.54) is 6.42 Å². The van der Waals surface area contributed by atoms with Gasteiger partial charge in [-0.05, 0) is 69.0 Å². The van der Waals surface area contributed by atoms with E-state index in [1.54, 1.807) is 30.3 Å². The second kappa shape index (κ2) is 10.3. The lowest BCUT2D eigenvalue weighted by molar-refractivity contribution is 0.0939. The van der Waals surface area contributed by atoms with Gasteiger partial charge < -0.3 is 20.9 Å². The van der Waals surface area contributed by atoms with Crippen LogP contribution < -0.4 is 20.9 Å².